The smallest absolute Gasteiger partial charge is 0.337 e. The summed E-state index contributed by atoms with van der Waals surface area (Å²) in [5.74, 6) is -0.913. The van der Waals surface area contributed by atoms with Crippen LogP contribution in [-0.4, -0.2) is 26.0 Å². The van der Waals surface area contributed by atoms with Crippen LogP contribution in [0.4, 0.5) is 5.95 Å². The lowest BCUT2D eigenvalue weighted by molar-refractivity contribution is 0.0696. The number of nitrogens with zero attached hydrogens (tertiary/aromatic N) is 3. The fourth-order valence-corrected chi connectivity index (χ4v) is 1.05. The lowest BCUT2D eigenvalue weighted by Gasteiger charge is -1.98. The van der Waals surface area contributed by atoms with Crippen molar-refractivity contribution in [1.29, 1.82) is 0 Å². The number of aromatic carboxylic acids is 1. The van der Waals surface area contributed by atoms with Crippen LogP contribution in [0.3, 0.4) is 0 Å². The summed E-state index contributed by atoms with van der Waals surface area (Å²) in [4.78, 5) is 22.0. The molecule has 70 valence electrons. The van der Waals surface area contributed by atoms with Crippen molar-refractivity contribution in [2.75, 3.05) is 5.73 Å². The summed E-state index contributed by atoms with van der Waals surface area (Å²) < 4.78 is 0. The number of hydrogen-bond donors (Lipinski definition) is 2. The first-order valence-corrected chi connectivity index (χ1v) is 3.78. The highest BCUT2D eigenvalue weighted by Gasteiger charge is 2.05. The Balaban J connectivity index is 2.67. The molecule has 0 aliphatic heterocycles. The van der Waals surface area contributed by atoms with Crippen LogP contribution in [0.1, 0.15) is 10.4 Å². The number of anilines is 1. The number of nitrogen functional groups attached to an aromatic ring is 1. The van der Waals surface area contributed by atoms with Gasteiger partial charge in [0.05, 0.1) is 5.56 Å². The van der Waals surface area contributed by atoms with Gasteiger partial charge in [0.25, 0.3) is 0 Å². The van der Waals surface area contributed by atoms with Crippen molar-refractivity contribution < 1.29 is 9.90 Å². The van der Waals surface area contributed by atoms with Crippen LogP contribution in [0.25, 0.3) is 11.0 Å². The van der Waals surface area contributed by atoms with E-state index in [9.17, 15) is 4.79 Å². The number of nitrogens with two attached hydrogens (primary N) is 1. The molecular weight excluding hydrogens is 184 g/mol. The molecule has 14 heavy (non-hydrogen) atoms. The molecule has 3 N–H and O–H groups in total. The molecule has 0 radical (unpaired) electrons. The zero-order chi connectivity index (χ0) is 10.1. The summed E-state index contributed by atoms with van der Waals surface area (Å²) in [6.07, 6.45) is 2.67. The van der Waals surface area contributed by atoms with E-state index < -0.39 is 5.97 Å². The van der Waals surface area contributed by atoms with Crippen LogP contribution in [0, 0.1) is 0 Å². The number of carbonyl (C=O) groups is 1. The van der Waals surface area contributed by atoms with Crippen LogP contribution in [-0.2, 0) is 0 Å². The normalized spacial score (nSPS) is 10.3. The minimum absolute atomic E-state index is 0.103. The van der Waals surface area contributed by atoms with Crippen molar-refractivity contribution in [3.8, 4) is 0 Å². The Morgan fingerprint density at radius 3 is 2.86 bits per heavy atom. The second kappa shape index (κ2) is 2.91. The molecule has 0 aliphatic rings. The zero-order valence-corrected chi connectivity index (χ0v) is 7.01. The molecule has 0 amide bonds. The van der Waals surface area contributed by atoms with Gasteiger partial charge in [-0.1, -0.05) is 0 Å². The van der Waals surface area contributed by atoms with Crippen molar-refractivity contribution in [1.82, 2.24) is 15.0 Å². The number of pyridine rings is 1. The highest BCUT2D eigenvalue weighted by atomic mass is 16.4. The van der Waals surface area contributed by atoms with E-state index >= 15 is 0 Å². The third-order valence-electron chi connectivity index (χ3n) is 1.70. The molecule has 0 fully saturated rings. The lowest BCUT2D eigenvalue weighted by atomic mass is 10.2. The molecular formula is C8H6N4O2. The lowest BCUT2D eigenvalue weighted by Crippen LogP contribution is -2.00. The second-order valence-corrected chi connectivity index (χ2v) is 2.67. The molecule has 2 aromatic rings. The fourth-order valence-electron chi connectivity index (χ4n) is 1.05. The molecule has 0 unspecified atom stereocenters. The van der Waals surface area contributed by atoms with E-state index in [4.69, 9.17) is 10.8 Å². The third-order valence-corrected chi connectivity index (χ3v) is 1.70. The Hall–Kier alpha value is -2.24. The Morgan fingerprint density at radius 1 is 1.36 bits per heavy atom. The average molecular weight is 190 g/mol. The molecule has 0 atom stereocenters. The topological polar surface area (TPSA) is 102 Å². The largest absolute Gasteiger partial charge is 0.478 e. The van der Waals surface area contributed by atoms with E-state index in [-0.39, 0.29) is 11.5 Å². The number of fused-ring (bicyclic) bond motifs is 1. The summed E-state index contributed by atoms with van der Waals surface area (Å²) >= 11 is 0. The van der Waals surface area contributed by atoms with Gasteiger partial charge < -0.3 is 10.8 Å². The molecule has 0 bridgehead atoms. The second-order valence-electron chi connectivity index (χ2n) is 2.67. The van der Waals surface area contributed by atoms with Gasteiger partial charge in [0.15, 0.2) is 5.65 Å². The van der Waals surface area contributed by atoms with E-state index in [2.05, 4.69) is 15.0 Å². The number of carboxylic acid groups (broad SMARTS) is 1. The number of carboxylic acids is 1. The van der Waals surface area contributed by atoms with Crippen molar-refractivity contribution in [2.24, 2.45) is 0 Å². The molecule has 0 spiro atoms. The van der Waals surface area contributed by atoms with E-state index in [1.807, 2.05) is 0 Å². The Bertz CT molecular complexity index is 512. The summed E-state index contributed by atoms with van der Waals surface area (Å²) in [5, 5.41) is 9.25. The maximum Gasteiger partial charge on any atom is 0.337 e. The zero-order valence-electron chi connectivity index (χ0n) is 7.01. The van der Waals surface area contributed by atoms with E-state index in [1.165, 1.54) is 18.5 Å². The quantitative estimate of drug-likeness (QED) is 0.670. The Morgan fingerprint density at radius 2 is 2.14 bits per heavy atom. The summed E-state index contributed by atoms with van der Waals surface area (Å²) in [7, 11) is 0. The van der Waals surface area contributed by atoms with Gasteiger partial charge in [-0.05, 0) is 6.07 Å². The van der Waals surface area contributed by atoms with Gasteiger partial charge in [-0.15, -0.1) is 0 Å². The predicted octanol–water partition coefficient (Wildman–Crippen LogP) is 0.305. The van der Waals surface area contributed by atoms with Crippen molar-refractivity contribution in [3.63, 3.8) is 0 Å². The summed E-state index contributed by atoms with van der Waals surface area (Å²) in [5.41, 5.74) is 5.84. The van der Waals surface area contributed by atoms with Crippen LogP contribution in [0.15, 0.2) is 18.5 Å². The summed E-state index contributed by atoms with van der Waals surface area (Å²) in [6, 6.07) is 1.45. The molecule has 0 saturated carbocycles. The van der Waals surface area contributed by atoms with Gasteiger partial charge in [-0.3, -0.25) is 0 Å². The summed E-state index contributed by atoms with van der Waals surface area (Å²) in [6.45, 7) is 0. The van der Waals surface area contributed by atoms with Crippen LogP contribution < -0.4 is 5.73 Å². The molecule has 6 heteroatoms. The first-order valence-electron chi connectivity index (χ1n) is 3.78. The average Bonchev–Trinajstić information content (AvgIpc) is 2.16. The predicted molar refractivity (Wildman–Crippen MR) is 48.7 cm³/mol. The first-order chi connectivity index (χ1) is 6.66. The molecule has 0 aliphatic carbocycles. The van der Waals surface area contributed by atoms with Crippen molar-refractivity contribution in [2.45, 2.75) is 0 Å². The van der Waals surface area contributed by atoms with Gasteiger partial charge in [0.2, 0.25) is 5.95 Å². The number of aromatic nitrogens is 3. The SMILES string of the molecule is Nc1ncc2cc(C(=O)O)cnc2n1. The third kappa shape index (κ3) is 1.33. The minimum Gasteiger partial charge on any atom is -0.478 e. The van der Waals surface area contributed by atoms with Gasteiger partial charge in [-0.2, -0.15) is 4.98 Å². The van der Waals surface area contributed by atoms with E-state index in [0.29, 0.717) is 11.0 Å². The maximum atomic E-state index is 10.6. The van der Waals surface area contributed by atoms with Crippen molar-refractivity contribution in [3.05, 3.63) is 24.0 Å². The van der Waals surface area contributed by atoms with Crippen LogP contribution in [0.2, 0.25) is 0 Å². The Kier molecular flexibility index (Phi) is 1.74. The van der Waals surface area contributed by atoms with Gasteiger partial charge >= 0.3 is 5.97 Å². The Labute approximate surface area is 78.4 Å². The highest BCUT2D eigenvalue weighted by molar-refractivity contribution is 5.91. The number of hydrogen-bond acceptors (Lipinski definition) is 5. The standard InChI is InChI=1S/C8H6N4O2/c9-8-11-2-4-1-5(7(13)14)3-10-6(4)12-8/h1-3H,(H,13,14)(H2,9,10,11,12). The van der Waals surface area contributed by atoms with E-state index in [0.717, 1.165) is 0 Å². The van der Waals surface area contributed by atoms with Crippen LogP contribution >= 0.6 is 0 Å². The molecule has 0 saturated heterocycles. The monoisotopic (exact) mass is 190 g/mol. The highest BCUT2D eigenvalue weighted by Crippen LogP contribution is 2.10. The van der Waals surface area contributed by atoms with Gasteiger partial charge in [0.1, 0.15) is 0 Å². The molecule has 6 nitrogen and oxygen atoms in total. The molecule has 2 heterocycles. The van der Waals surface area contributed by atoms with Crippen molar-refractivity contribution >= 4 is 23.0 Å². The van der Waals surface area contributed by atoms with Gasteiger partial charge in [-0.25, -0.2) is 14.8 Å². The first kappa shape index (κ1) is 8.36. The van der Waals surface area contributed by atoms with E-state index in [1.54, 1.807) is 0 Å². The fraction of sp³-hybridized carbons (Fsp3) is 0. The number of rotatable bonds is 1. The van der Waals surface area contributed by atoms with Crippen LogP contribution in [0.5, 0.6) is 0 Å². The molecule has 0 aromatic carbocycles. The molecule has 2 aromatic heterocycles. The molecule has 2 rings (SSSR count). The maximum absolute atomic E-state index is 10.6. The van der Waals surface area contributed by atoms with Gasteiger partial charge in [0, 0.05) is 17.8 Å². The minimum atomic E-state index is -1.03.